The van der Waals surface area contributed by atoms with E-state index in [0.29, 0.717) is 6.10 Å². The van der Waals surface area contributed by atoms with E-state index >= 15 is 0 Å². The number of ether oxygens (including phenoxy) is 1. The van der Waals surface area contributed by atoms with E-state index in [1.54, 1.807) is 0 Å². The van der Waals surface area contributed by atoms with Gasteiger partial charge in [-0.3, -0.25) is 10.2 Å². The molecule has 0 heterocycles. The van der Waals surface area contributed by atoms with Gasteiger partial charge in [0.05, 0.1) is 6.10 Å². The van der Waals surface area contributed by atoms with Gasteiger partial charge in [-0.1, -0.05) is 0 Å². The van der Waals surface area contributed by atoms with Crippen molar-refractivity contribution >= 4 is 5.91 Å². The molecule has 1 saturated carbocycles. The summed E-state index contributed by atoms with van der Waals surface area (Å²) in [4.78, 5) is 11.2. The number of hydrogen-bond donors (Lipinski definition) is 2. The van der Waals surface area contributed by atoms with Crippen molar-refractivity contribution in [1.82, 2.24) is 5.43 Å². The van der Waals surface area contributed by atoms with Crippen LogP contribution < -0.4 is 11.3 Å². The van der Waals surface area contributed by atoms with Crippen molar-refractivity contribution in [1.29, 1.82) is 0 Å². The molecule has 0 atom stereocenters. The fourth-order valence-corrected chi connectivity index (χ4v) is 1.85. The normalized spacial score (nSPS) is 28.5. The lowest BCUT2D eigenvalue weighted by molar-refractivity contribution is -0.127. The molecule has 1 aliphatic carbocycles. The Labute approximate surface area is 78.8 Å². The van der Waals surface area contributed by atoms with Crippen LogP contribution >= 0.6 is 0 Å². The van der Waals surface area contributed by atoms with Crippen LogP contribution in [-0.4, -0.2) is 18.6 Å². The van der Waals surface area contributed by atoms with Crippen LogP contribution in [-0.2, 0) is 9.53 Å². The van der Waals surface area contributed by atoms with E-state index in [-0.39, 0.29) is 11.8 Å². The second kappa shape index (κ2) is 5.19. The van der Waals surface area contributed by atoms with Crippen molar-refractivity contribution < 1.29 is 9.53 Å². The molecule has 0 aliphatic heterocycles. The van der Waals surface area contributed by atoms with E-state index in [1.165, 1.54) is 0 Å². The zero-order valence-corrected chi connectivity index (χ0v) is 8.08. The van der Waals surface area contributed by atoms with Gasteiger partial charge in [-0.05, 0) is 32.6 Å². The Morgan fingerprint density at radius 3 is 2.54 bits per heavy atom. The minimum Gasteiger partial charge on any atom is -0.379 e. The van der Waals surface area contributed by atoms with Gasteiger partial charge in [0, 0.05) is 12.5 Å². The Morgan fingerprint density at radius 1 is 1.46 bits per heavy atom. The number of nitrogens with one attached hydrogen (secondary N) is 1. The highest BCUT2D eigenvalue weighted by atomic mass is 16.5. The van der Waals surface area contributed by atoms with Crippen LogP contribution in [0.2, 0.25) is 0 Å². The van der Waals surface area contributed by atoms with Gasteiger partial charge in [0.15, 0.2) is 0 Å². The van der Waals surface area contributed by atoms with E-state index in [1.807, 2.05) is 6.92 Å². The molecule has 0 aromatic rings. The molecule has 4 nitrogen and oxygen atoms in total. The summed E-state index contributed by atoms with van der Waals surface area (Å²) in [5.74, 6) is 5.13. The smallest absolute Gasteiger partial charge is 0.236 e. The summed E-state index contributed by atoms with van der Waals surface area (Å²) in [6.45, 7) is 2.76. The van der Waals surface area contributed by atoms with E-state index < -0.39 is 0 Å². The summed E-state index contributed by atoms with van der Waals surface area (Å²) in [5, 5.41) is 0. The average molecular weight is 186 g/mol. The minimum absolute atomic E-state index is 0.0325. The predicted octanol–water partition coefficient (Wildman–Crippen LogP) is 0.572. The maximum atomic E-state index is 11.2. The van der Waals surface area contributed by atoms with Crippen LogP contribution in [0.3, 0.4) is 0 Å². The van der Waals surface area contributed by atoms with Crippen molar-refractivity contribution in [2.75, 3.05) is 6.61 Å². The lowest BCUT2D eigenvalue weighted by atomic mass is 9.87. The zero-order chi connectivity index (χ0) is 9.68. The Kier molecular flexibility index (Phi) is 4.18. The van der Waals surface area contributed by atoms with Crippen LogP contribution in [0.1, 0.15) is 32.6 Å². The van der Waals surface area contributed by atoms with Crippen molar-refractivity contribution in [3.8, 4) is 0 Å². The number of hydrogen-bond acceptors (Lipinski definition) is 3. The molecular weight excluding hydrogens is 168 g/mol. The molecule has 0 radical (unpaired) electrons. The van der Waals surface area contributed by atoms with E-state index in [2.05, 4.69) is 5.43 Å². The first-order valence-corrected chi connectivity index (χ1v) is 4.90. The molecular formula is C9H18N2O2. The summed E-state index contributed by atoms with van der Waals surface area (Å²) in [6.07, 6.45) is 4.10. The zero-order valence-electron chi connectivity index (χ0n) is 8.08. The van der Waals surface area contributed by atoms with E-state index in [4.69, 9.17) is 10.6 Å². The first-order valence-electron chi connectivity index (χ1n) is 4.90. The maximum absolute atomic E-state index is 11.2. The lowest BCUT2D eigenvalue weighted by Crippen LogP contribution is -2.38. The monoisotopic (exact) mass is 186 g/mol. The fraction of sp³-hybridized carbons (Fsp3) is 0.889. The summed E-state index contributed by atoms with van der Waals surface area (Å²) >= 11 is 0. The summed E-state index contributed by atoms with van der Waals surface area (Å²) in [7, 11) is 0. The summed E-state index contributed by atoms with van der Waals surface area (Å²) in [5.41, 5.74) is 2.20. The van der Waals surface area contributed by atoms with Crippen LogP contribution in [0.5, 0.6) is 0 Å². The van der Waals surface area contributed by atoms with Gasteiger partial charge in [0.1, 0.15) is 0 Å². The third kappa shape index (κ3) is 2.97. The molecule has 0 unspecified atom stereocenters. The van der Waals surface area contributed by atoms with Crippen LogP contribution in [0.15, 0.2) is 0 Å². The Bertz CT molecular complexity index is 165. The molecule has 3 N–H and O–H groups in total. The van der Waals surface area contributed by atoms with E-state index in [9.17, 15) is 4.79 Å². The molecule has 0 spiro atoms. The van der Waals surface area contributed by atoms with Crippen molar-refractivity contribution in [3.05, 3.63) is 0 Å². The summed E-state index contributed by atoms with van der Waals surface area (Å²) in [6, 6.07) is 0. The highest BCUT2D eigenvalue weighted by Gasteiger charge is 2.25. The SMILES string of the molecule is CCO[C@H]1CC[C@H](C(=O)NN)CC1. The van der Waals surface area contributed by atoms with Gasteiger partial charge in [0.25, 0.3) is 0 Å². The molecule has 13 heavy (non-hydrogen) atoms. The number of carbonyl (C=O) groups is 1. The Balaban J connectivity index is 2.26. The highest BCUT2D eigenvalue weighted by Crippen LogP contribution is 2.25. The second-order valence-electron chi connectivity index (χ2n) is 3.44. The predicted molar refractivity (Wildman–Crippen MR) is 49.7 cm³/mol. The Hall–Kier alpha value is -0.610. The second-order valence-corrected chi connectivity index (χ2v) is 3.44. The third-order valence-corrected chi connectivity index (χ3v) is 2.59. The van der Waals surface area contributed by atoms with E-state index in [0.717, 1.165) is 32.3 Å². The topological polar surface area (TPSA) is 64.3 Å². The van der Waals surface area contributed by atoms with Gasteiger partial charge < -0.3 is 4.74 Å². The van der Waals surface area contributed by atoms with Gasteiger partial charge in [-0.15, -0.1) is 0 Å². The van der Waals surface area contributed by atoms with Gasteiger partial charge in [-0.25, -0.2) is 5.84 Å². The van der Waals surface area contributed by atoms with Gasteiger partial charge in [-0.2, -0.15) is 0 Å². The molecule has 1 aliphatic rings. The quantitative estimate of drug-likeness (QED) is 0.385. The average Bonchev–Trinajstić information content (AvgIpc) is 2.18. The van der Waals surface area contributed by atoms with Crippen LogP contribution in [0, 0.1) is 5.92 Å². The number of carbonyl (C=O) groups excluding carboxylic acids is 1. The molecule has 1 rings (SSSR count). The van der Waals surface area contributed by atoms with Crippen molar-refractivity contribution in [2.24, 2.45) is 11.8 Å². The standard InChI is InChI=1S/C9H18N2O2/c1-2-13-8-5-3-7(4-6-8)9(12)11-10/h7-8H,2-6,10H2,1H3,(H,11,12)/t7-,8-. The molecule has 0 bridgehead atoms. The first-order chi connectivity index (χ1) is 6.27. The molecule has 4 heteroatoms. The first kappa shape index (κ1) is 10.5. The molecule has 0 aromatic carbocycles. The van der Waals surface area contributed by atoms with Crippen LogP contribution in [0.25, 0.3) is 0 Å². The lowest BCUT2D eigenvalue weighted by Gasteiger charge is -2.26. The minimum atomic E-state index is -0.0325. The van der Waals surface area contributed by atoms with Gasteiger partial charge >= 0.3 is 0 Å². The molecule has 0 saturated heterocycles. The maximum Gasteiger partial charge on any atom is 0.236 e. The number of rotatable bonds is 3. The van der Waals surface area contributed by atoms with Crippen LogP contribution in [0.4, 0.5) is 0 Å². The molecule has 1 fully saturated rings. The molecule has 1 amide bonds. The number of amides is 1. The molecule has 76 valence electrons. The van der Waals surface area contributed by atoms with Crippen molar-refractivity contribution in [2.45, 2.75) is 38.7 Å². The van der Waals surface area contributed by atoms with Gasteiger partial charge in [0.2, 0.25) is 5.91 Å². The largest absolute Gasteiger partial charge is 0.379 e. The third-order valence-electron chi connectivity index (χ3n) is 2.59. The fourth-order valence-electron chi connectivity index (χ4n) is 1.85. The number of hydrazine groups is 1. The molecule has 0 aromatic heterocycles. The highest BCUT2D eigenvalue weighted by molar-refractivity contribution is 5.77. The van der Waals surface area contributed by atoms with Crippen molar-refractivity contribution in [3.63, 3.8) is 0 Å². The number of nitrogens with two attached hydrogens (primary N) is 1. The Morgan fingerprint density at radius 2 is 2.08 bits per heavy atom. The summed E-state index contributed by atoms with van der Waals surface area (Å²) < 4.78 is 5.48.